The van der Waals surface area contributed by atoms with E-state index in [2.05, 4.69) is 31.0 Å². The Hall–Kier alpha value is -1.71. The number of halogens is 1. The Morgan fingerprint density at radius 3 is 2.46 bits per heavy atom. The molecule has 0 spiro atoms. The number of rotatable bonds is 4. The number of pyridine rings is 1. The zero-order valence-electron chi connectivity index (χ0n) is 16.5. The van der Waals surface area contributed by atoms with Gasteiger partial charge >= 0.3 is 6.09 Å². The molecule has 3 rings (SSSR count). The third-order valence-electron chi connectivity index (χ3n) is 4.36. The molecule has 0 saturated heterocycles. The summed E-state index contributed by atoms with van der Waals surface area (Å²) in [5.74, 6) is 0.324. The van der Waals surface area contributed by atoms with Gasteiger partial charge in [-0.05, 0) is 71.2 Å². The lowest BCUT2D eigenvalue weighted by molar-refractivity contribution is 0.0635. The number of carbonyl (C=O) groups is 1. The zero-order valence-corrected chi connectivity index (χ0v) is 18.9. The average Bonchev–Trinajstić information content (AvgIpc) is 3.23. The van der Waals surface area contributed by atoms with E-state index >= 15 is 0 Å². The highest BCUT2D eigenvalue weighted by Gasteiger charge is 2.41. The summed E-state index contributed by atoms with van der Waals surface area (Å²) in [5.41, 5.74) is 0.180. The molecule has 1 saturated carbocycles. The van der Waals surface area contributed by atoms with E-state index in [1.807, 2.05) is 19.9 Å². The van der Waals surface area contributed by atoms with Crippen LogP contribution >= 0.6 is 15.9 Å². The molecule has 1 fully saturated rings. The zero-order chi connectivity index (χ0) is 20.9. The summed E-state index contributed by atoms with van der Waals surface area (Å²) in [5, 5.41) is 3.39. The molecule has 1 heterocycles. The van der Waals surface area contributed by atoms with Gasteiger partial charge in [-0.2, -0.15) is 0 Å². The molecule has 0 bridgehead atoms. The van der Waals surface area contributed by atoms with Crippen LogP contribution in [-0.2, 0) is 14.8 Å². The number of aromatic nitrogens is 1. The van der Waals surface area contributed by atoms with Crippen LogP contribution in [-0.4, -0.2) is 30.6 Å². The van der Waals surface area contributed by atoms with Gasteiger partial charge in [0.2, 0.25) is 10.0 Å². The van der Waals surface area contributed by atoms with Gasteiger partial charge in [-0.3, -0.25) is 5.32 Å². The van der Waals surface area contributed by atoms with E-state index in [9.17, 15) is 13.2 Å². The van der Waals surface area contributed by atoms with Crippen molar-refractivity contribution < 1.29 is 17.9 Å². The number of benzene rings is 1. The highest BCUT2D eigenvalue weighted by Crippen LogP contribution is 2.37. The normalized spacial score (nSPS) is 16.1. The lowest BCUT2D eigenvalue weighted by atomic mass is 10.1. The van der Waals surface area contributed by atoms with Crippen molar-refractivity contribution in [2.45, 2.75) is 63.5 Å². The number of anilines is 1. The number of hydrogen-bond acceptors (Lipinski definition) is 5. The van der Waals surface area contributed by atoms with Gasteiger partial charge in [0.1, 0.15) is 11.4 Å². The fourth-order valence-electron chi connectivity index (χ4n) is 2.66. The van der Waals surface area contributed by atoms with Crippen LogP contribution in [0.15, 0.2) is 27.6 Å². The summed E-state index contributed by atoms with van der Waals surface area (Å²) in [4.78, 5) is 16.7. The van der Waals surface area contributed by atoms with E-state index in [0.717, 1.165) is 23.8 Å². The molecule has 1 aliphatic rings. The third kappa shape index (κ3) is 4.82. The number of carbonyl (C=O) groups excluding carboxylic acids is 1. The van der Waals surface area contributed by atoms with Crippen molar-refractivity contribution in [3.05, 3.63) is 28.2 Å². The Morgan fingerprint density at radius 2 is 1.89 bits per heavy atom. The Kier molecular flexibility index (Phi) is 5.23. The maximum atomic E-state index is 12.7. The summed E-state index contributed by atoms with van der Waals surface area (Å²) in [6.45, 7) is 9.01. The quantitative estimate of drug-likeness (QED) is 0.687. The maximum Gasteiger partial charge on any atom is 0.413 e. The van der Waals surface area contributed by atoms with E-state index in [4.69, 9.17) is 4.74 Å². The van der Waals surface area contributed by atoms with E-state index in [1.54, 1.807) is 26.8 Å². The van der Waals surface area contributed by atoms with Gasteiger partial charge in [-0.15, -0.1) is 0 Å². The lowest BCUT2D eigenvalue weighted by Crippen LogP contribution is -2.34. The molecule has 9 heteroatoms. The van der Waals surface area contributed by atoms with E-state index in [-0.39, 0.29) is 10.4 Å². The molecule has 7 nitrogen and oxygen atoms in total. The number of amides is 1. The number of nitrogens with zero attached hydrogens (tertiary/aromatic N) is 1. The van der Waals surface area contributed by atoms with E-state index < -0.39 is 21.7 Å². The van der Waals surface area contributed by atoms with Gasteiger partial charge < -0.3 is 4.74 Å². The summed E-state index contributed by atoms with van der Waals surface area (Å²) in [6.07, 6.45) is 1.03. The van der Waals surface area contributed by atoms with Crippen molar-refractivity contribution in [2.24, 2.45) is 0 Å². The smallest absolute Gasteiger partial charge is 0.413 e. The largest absolute Gasteiger partial charge is 0.444 e. The molecule has 152 valence electrons. The van der Waals surface area contributed by atoms with E-state index in [0.29, 0.717) is 15.8 Å². The average molecular weight is 470 g/mol. The van der Waals surface area contributed by atoms with Crippen LogP contribution in [0.5, 0.6) is 0 Å². The Labute approximate surface area is 173 Å². The van der Waals surface area contributed by atoms with E-state index in [1.165, 1.54) is 6.07 Å². The molecule has 2 N–H and O–H groups in total. The summed E-state index contributed by atoms with van der Waals surface area (Å²) in [7, 11) is -3.67. The Morgan fingerprint density at radius 1 is 1.25 bits per heavy atom. The molecule has 1 aliphatic carbocycles. The first kappa shape index (κ1) is 21.0. The summed E-state index contributed by atoms with van der Waals surface area (Å²) < 4.78 is 34.1. The van der Waals surface area contributed by atoms with Crippen LogP contribution in [0.3, 0.4) is 0 Å². The first-order valence-electron chi connectivity index (χ1n) is 8.93. The van der Waals surface area contributed by atoms with Crippen LogP contribution in [0, 0.1) is 6.92 Å². The van der Waals surface area contributed by atoms with Crippen molar-refractivity contribution in [3.63, 3.8) is 0 Å². The van der Waals surface area contributed by atoms with Crippen LogP contribution in [0.4, 0.5) is 10.6 Å². The number of hydrogen-bond donors (Lipinski definition) is 2. The number of sulfonamides is 1. The van der Waals surface area contributed by atoms with Gasteiger partial charge in [0, 0.05) is 15.4 Å². The second-order valence-electron chi connectivity index (χ2n) is 8.42. The molecule has 2 aromatic rings. The Balaban J connectivity index is 1.98. The molecule has 0 unspecified atom stereocenters. The van der Waals surface area contributed by atoms with Crippen LogP contribution in [0.25, 0.3) is 10.9 Å². The molecule has 0 atom stereocenters. The van der Waals surface area contributed by atoms with Gasteiger partial charge in [0.05, 0.1) is 10.4 Å². The molecule has 0 radical (unpaired) electrons. The number of ether oxygens (including phenoxy) is 1. The Bertz CT molecular complexity index is 1060. The van der Waals surface area contributed by atoms with Gasteiger partial charge in [0.15, 0.2) is 0 Å². The predicted molar refractivity (Wildman–Crippen MR) is 112 cm³/mol. The minimum absolute atomic E-state index is 0.125. The first-order chi connectivity index (χ1) is 12.8. The topological polar surface area (TPSA) is 97.4 Å². The standard InChI is InChI=1S/C19H24BrN3O4S/c1-11-8-13-14(20)9-12(28(25,26)23-19(5)6-7-19)10-15(13)21-16(11)22-17(24)27-18(2,3)4/h8-10,23H,6-7H2,1-5H3,(H,21,22,24). The molecule has 28 heavy (non-hydrogen) atoms. The molecular formula is C19H24BrN3O4S. The summed E-state index contributed by atoms with van der Waals surface area (Å²) >= 11 is 3.44. The van der Waals surface area contributed by atoms with Gasteiger partial charge in [-0.25, -0.2) is 22.9 Å². The number of aryl methyl sites for hydroxylation is 1. The van der Waals surface area contributed by atoms with Crippen molar-refractivity contribution in [2.75, 3.05) is 5.32 Å². The second kappa shape index (κ2) is 6.96. The number of nitrogens with one attached hydrogen (secondary N) is 2. The second-order valence-corrected chi connectivity index (χ2v) is 11.0. The first-order valence-corrected chi connectivity index (χ1v) is 11.2. The van der Waals surface area contributed by atoms with Gasteiger partial charge in [0.25, 0.3) is 0 Å². The van der Waals surface area contributed by atoms with Gasteiger partial charge in [-0.1, -0.05) is 15.9 Å². The molecule has 1 amide bonds. The third-order valence-corrected chi connectivity index (χ3v) is 6.63. The summed E-state index contributed by atoms with van der Waals surface area (Å²) in [6, 6.07) is 4.91. The minimum atomic E-state index is -3.67. The van der Waals surface area contributed by atoms with Crippen molar-refractivity contribution in [1.29, 1.82) is 0 Å². The van der Waals surface area contributed by atoms with Crippen molar-refractivity contribution in [1.82, 2.24) is 9.71 Å². The fourth-order valence-corrected chi connectivity index (χ4v) is 4.89. The lowest BCUT2D eigenvalue weighted by Gasteiger charge is -2.20. The highest BCUT2D eigenvalue weighted by atomic mass is 79.9. The van der Waals surface area contributed by atoms with Crippen molar-refractivity contribution >= 4 is 48.8 Å². The fraction of sp³-hybridized carbons (Fsp3) is 0.474. The molecular weight excluding hydrogens is 446 g/mol. The molecule has 1 aromatic heterocycles. The monoisotopic (exact) mass is 469 g/mol. The maximum absolute atomic E-state index is 12.7. The van der Waals surface area contributed by atoms with Crippen LogP contribution in [0.1, 0.15) is 46.1 Å². The number of fused-ring (bicyclic) bond motifs is 1. The van der Waals surface area contributed by atoms with Crippen LogP contribution < -0.4 is 10.0 Å². The van der Waals surface area contributed by atoms with Crippen LogP contribution in [0.2, 0.25) is 0 Å². The predicted octanol–water partition coefficient (Wildman–Crippen LogP) is 4.48. The molecule has 1 aromatic carbocycles. The SMILES string of the molecule is Cc1cc2c(Br)cc(S(=O)(=O)NC3(C)CC3)cc2nc1NC(=O)OC(C)(C)C. The van der Waals surface area contributed by atoms with Crippen molar-refractivity contribution in [3.8, 4) is 0 Å². The highest BCUT2D eigenvalue weighted by molar-refractivity contribution is 9.10. The minimum Gasteiger partial charge on any atom is -0.444 e. The molecule has 0 aliphatic heterocycles.